The molecule has 0 spiro atoms. The van der Waals surface area contributed by atoms with Crippen LogP contribution in [0.1, 0.15) is 5.56 Å². The molecule has 1 aromatic heterocycles. The van der Waals surface area contributed by atoms with Gasteiger partial charge < -0.3 is 19.3 Å². The Morgan fingerprint density at radius 1 is 0.867 bits per heavy atom. The van der Waals surface area contributed by atoms with Crippen molar-refractivity contribution in [3.8, 4) is 0 Å². The number of anilines is 3. The predicted octanol–water partition coefficient (Wildman–Crippen LogP) is 2.42. The van der Waals surface area contributed by atoms with Crippen LogP contribution in [0, 0.1) is 0 Å². The van der Waals surface area contributed by atoms with Crippen LogP contribution in [0.15, 0.2) is 39.9 Å². The maximum Gasteiger partial charge on any atom is 0.250 e. The summed E-state index contributed by atoms with van der Waals surface area (Å²) in [6, 6.07) is 8.05. The fraction of sp³-hybridized carbons (Fsp3) is 0.400. The van der Waals surface area contributed by atoms with Crippen molar-refractivity contribution >= 4 is 46.1 Å². The van der Waals surface area contributed by atoms with Crippen molar-refractivity contribution in [2.75, 3.05) is 67.8 Å². The van der Waals surface area contributed by atoms with E-state index in [1.165, 1.54) is 0 Å². The molecule has 10 heteroatoms. The minimum absolute atomic E-state index is 0.418. The number of nitrogens with one attached hydrogen (secondary N) is 1. The maximum atomic E-state index is 5.44. The van der Waals surface area contributed by atoms with Crippen LogP contribution in [0.2, 0.25) is 0 Å². The molecule has 4 rings (SSSR count). The first-order valence-electron chi connectivity index (χ1n) is 9.91. The zero-order valence-corrected chi connectivity index (χ0v) is 18.2. The van der Waals surface area contributed by atoms with Crippen LogP contribution in [0.25, 0.3) is 6.08 Å². The molecule has 158 valence electrons. The summed E-state index contributed by atoms with van der Waals surface area (Å²) in [6.07, 6.45) is 5.52. The molecule has 0 amide bonds. The molecule has 2 aromatic rings. The number of nitrogens with zero attached hydrogens (tertiary/aromatic N) is 6. The number of hydrogen-bond donors (Lipinski definition) is 1. The Balaban J connectivity index is 1.46. The van der Waals surface area contributed by atoms with E-state index >= 15 is 0 Å². The standard InChI is InChI=1S/C20H24BrN7O2/c21-17-5-3-16(4-6-17)2-1-7-22-26-18-23-19(27-8-12-29-13-9-27)25-20(24-18)28-10-14-30-15-11-28/h1-7H,8-15H2,(H,23,24,25,26)/b2-1+,22-7-. The molecule has 0 bridgehead atoms. The Labute approximate surface area is 183 Å². The normalized spacial score (nSPS) is 17.8. The summed E-state index contributed by atoms with van der Waals surface area (Å²) in [4.78, 5) is 18.0. The van der Waals surface area contributed by atoms with Gasteiger partial charge in [-0.05, 0) is 23.8 Å². The highest BCUT2D eigenvalue weighted by atomic mass is 79.9. The van der Waals surface area contributed by atoms with E-state index in [9.17, 15) is 0 Å². The SMILES string of the molecule is Brc1ccc(/C=C/C=N\Nc2nc(N3CCOCC3)nc(N3CCOCC3)n2)cc1. The van der Waals surface area contributed by atoms with Crippen LogP contribution in [0.4, 0.5) is 17.8 Å². The molecule has 3 heterocycles. The average Bonchev–Trinajstić information content (AvgIpc) is 2.81. The largest absolute Gasteiger partial charge is 0.378 e. The average molecular weight is 474 g/mol. The zero-order valence-electron chi connectivity index (χ0n) is 16.6. The van der Waals surface area contributed by atoms with Gasteiger partial charge in [0.2, 0.25) is 17.8 Å². The van der Waals surface area contributed by atoms with Crippen molar-refractivity contribution in [3.05, 3.63) is 40.4 Å². The molecule has 0 aliphatic carbocycles. The Morgan fingerprint density at radius 3 is 2.00 bits per heavy atom. The van der Waals surface area contributed by atoms with Crippen molar-refractivity contribution in [1.82, 2.24) is 15.0 Å². The third-order valence-electron chi connectivity index (χ3n) is 4.68. The zero-order chi connectivity index (χ0) is 20.6. The lowest BCUT2D eigenvalue weighted by Gasteiger charge is -2.30. The molecule has 2 saturated heterocycles. The van der Waals surface area contributed by atoms with Crippen molar-refractivity contribution < 1.29 is 9.47 Å². The van der Waals surface area contributed by atoms with Crippen LogP contribution in [-0.4, -0.2) is 73.8 Å². The van der Waals surface area contributed by atoms with Gasteiger partial charge in [-0.3, -0.25) is 0 Å². The van der Waals surface area contributed by atoms with E-state index in [0.29, 0.717) is 44.3 Å². The van der Waals surface area contributed by atoms with Crippen molar-refractivity contribution in [3.63, 3.8) is 0 Å². The molecule has 9 nitrogen and oxygen atoms in total. The van der Waals surface area contributed by atoms with Gasteiger partial charge in [-0.1, -0.05) is 34.1 Å². The highest BCUT2D eigenvalue weighted by Crippen LogP contribution is 2.18. The molecule has 1 N–H and O–H groups in total. The van der Waals surface area contributed by atoms with Gasteiger partial charge in [0.25, 0.3) is 0 Å². The van der Waals surface area contributed by atoms with Crippen LogP contribution in [-0.2, 0) is 9.47 Å². The second-order valence-corrected chi connectivity index (χ2v) is 7.67. The molecular formula is C20H24BrN7O2. The molecule has 30 heavy (non-hydrogen) atoms. The fourth-order valence-corrected chi connectivity index (χ4v) is 3.34. The van der Waals surface area contributed by atoms with E-state index in [-0.39, 0.29) is 0 Å². The monoisotopic (exact) mass is 473 g/mol. The smallest absolute Gasteiger partial charge is 0.250 e. The minimum Gasteiger partial charge on any atom is -0.378 e. The first-order chi connectivity index (χ1) is 14.8. The van der Waals surface area contributed by atoms with Gasteiger partial charge in [0.15, 0.2) is 0 Å². The number of rotatable bonds is 6. The van der Waals surface area contributed by atoms with Gasteiger partial charge in [0.1, 0.15) is 0 Å². The van der Waals surface area contributed by atoms with Crippen molar-refractivity contribution in [2.45, 2.75) is 0 Å². The van der Waals surface area contributed by atoms with Gasteiger partial charge in [0.05, 0.1) is 26.4 Å². The molecule has 1 aromatic carbocycles. The van der Waals surface area contributed by atoms with E-state index in [0.717, 1.165) is 36.2 Å². The molecule has 2 aliphatic heterocycles. The molecule has 0 unspecified atom stereocenters. The molecular weight excluding hydrogens is 450 g/mol. The maximum absolute atomic E-state index is 5.44. The van der Waals surface area contributed by atoms with E-state index in [1.807, 2.05) is 36.4 Å². The van der Waals surface area contributed by atoms with Gasteiger partial charge in [-0.25, -0.2) is 5.43 Å². The van der Waals surface area contributed by atoms with E-state index in [1.54, 1.807) is 6.21 Å². The van der Waals surface area contributed by atoms with Gasteiger partial charge in [-0.15, -0.1) is 0 Å². The molecule has 0 radical (unpaired) electrons. The van der Waals surface area contributed by atoms with E-state index < -0.39 is 0 Å². The second kappa shape index (κ2) is 10.5. The predicted molar refractivity (Wildman–Crippen MR) is 121 cm³/mol. The lowest BCUT2D eigenvalue weighted by Crippen LogP contribution is -2.40. The Kier molecular flexibility index (Phi) is 7.22. The summed E-state index contributed by atoms with van der Waals surface area (Å²) in [6.45, 7) is 5.69. The number of halogens is 1. The van der Waals surface area contributed by atoms with Crippen molar-refractivity contribution in [2.24, 2.45) is 5.10 Å². The van der Waals surface area contributed by atoms with Gasteiger partial charge in [0, 0.05) is 36.9 Å². The Bertz CT molecular complexity index is 843. The summed E-state index contributed by atoms with van der Waals surface area (Å²) in [5.41, 5.74) is 4.02. The molecule has 0 atom stereocenters. The van der Waals surface area contributed by atoms with Crippen LogP contribution in [0.5, 0.6) is 0 Å². The Hall–Kier alpha value is -2.56. The lowest BCUT2D eigenvalue weighted by molar-refractivity contribution is 0.121. The lowest BCUT2D eigenvalue weighted by atomic mass is 10.2. The van der Waals surface area contributed by atoms with Crippen molar-refractivity contribution in [1.29, 1.82) is 0 Å². The number of morpholine rings is 2. The van der Waals surface area contributed by atoms with Gasteiger partial charge in [-0.2, -0.15) is 20.1 Å². The Morgan fingerprint density at radius 2 is 1.43 bits per heavy atom. The first kappa shape index (κ1) is 20.7. The summed E-state index contributed by atoms with van der Waals surface area (Å²) < 4.78 is 11.9. The quantitative estimate of drug-likeness (QED) is 0.505. The number of hydrazone groups is 1. The van der Waals surface area contributed by atoms with E-state index in [2.05, 4.69) is 51.2 Å². The number of ether oxygens (including phenoxy) is 2. The number of aromatic nitrogens is 3. The third-order valence-corrected chi connectivity index (χ3v) is 5.21. The summed E-state index contributed by atoms with van der Waals surface area (Å²) in [5, 5.41) is 4.24. The van der Waals surface area contributed by atoms with E-state index in [4.69, 9.17) is 9.47 Å². The summed E-state index contributed by atoms with van der Waals surface area (Å²) in [5.74, 6) is 1.69. The summed E-state index contributed by atoms with van der Waals surface area (Å²) >= 11 is 3.43. The molecule has 2 fully saturated rings. The van der Waals surface area contributed by atoms with Gasteiger partial charge >= 0.3 is 0 Å². The number of benzene rings is 1. The third kappa shape index (κ3) is 5.74. The number of hydrogen-bond acceptors (Lipinski definition) is 9. The molecule has 2 aliphatic rings. The van der Waals surface area contributed by atoms with Crippen LogP contribution >= 0.6 is 15.9 Å². The highest BCUT2D eigenvalue weighted by Gasteiger charge is 2.20. The summed E-state index contributed by atoms with van der Waals surface area (Å²) in [7, 11) is 0. The first-order valence-corrected chi connectivity index (χ1v) is 10.7. The second-order valence-electron chi connectivity index (χ2n) is 6.76. The topological polar surface area (TPSA) is 88.0 Å². The van der Waals surface area contributed by atoms with Crippen LogP contribution in [0.3, 0.4) is 0 Å². The minimum atomic E-state index is 0.418. The van der Waals surface area contributed by atoms with Crippen LogP contribution < -0.4 is 15.2 Å². The fourth-order valence-electron chi connectivity index (χ4n) is 3.08. The number of allylic oxidation sites excluding steroid dienone is 1. The highest BCUT2D eigenvalue weighted by molar-refractivity contribution is 9.10. The molecule has 0 saturated carbocycles.